The summed E-state index contributed by atoms with van der Waals surface area (Å²) in [6, 6.07) is 0.143. The average Bonchev–Trinajstić information content (AvgIpc) is 2.56. The maximum atomic E-state index is 6.10. The van der Waals surface area contributed by atoms with Crippen molar-refractivity contribution in [1.29, 1.82) is 0 Å². The topological polar surface area (TPSA) is 53.1 Å². The Balaban J connectivity index is 2.43. The van der Waals surface area contributed by atoms with E-state index in [1.807, 2.05) is 14.0 Å². The standard InChI is InChI=1S/C11H19N3O/c1-7(15-3)11-13-9-6-4-5-8(12)10(9)14(11)2/h7-8H,4-6,12H2,1-3H3. The van der Waals surface area contributed by atoms with Crippen molar-refractivity contribution in [3.8, 4) is 0 Å². The molecule has 84 valence electrons. The van der Waals surface area contributed by atoms with Gasteiger partial charge in [0.1, 0.15) is 11.9 Å². The van der Waals surface area contributed by atoms with Crippen LogP contribution in [-0.2, 0) is 18.2 Å². The Hall–Kier alpha value is -0.870. The molecule has 1 aromatic heterocycles. The normalized spacial score (nSPS) is 22.5. The molecule has 2 atom stereocenters. The Morgan fingerprint density at radius 2 is 2.33 bits per heavy atom. The predicted octanol–water partition coefficient (Wildman–Crippen LogP) is 1.46. The number of ether oxygens (including phenoxy) is 1. The molecular weight excluding hydrogens is 190 g/mol. The van der Waals surface area contributed by atoms with E-state index in [9.17, 15) is 0 Å². The molecule has 1 heterocycles. The maximum Gasteiger partial charge on any atom is 0.137 e. The minimum atomic E-state index is 0.0350. The molecule has 0 aromatic carbocycles. The monoisotopic (exact) mass is 209 g/mol. The zero-order chi connectivity index (χ0) is 11.0. The Labute approximate surface area is 90.4 Å². The van der Waals surface area contributed by atoms with Crippen molar-refractivity contribution in [1.82, 2.24) is 9.55 Å². The van der Waals surface area contributed by atoms with Gasteiger partial charge in [-0.1, -0.05) is 0 Å². The van der Waals surface area contributed by atoms with Crippen molar-refractivity contribution in [3.05, 3.63) is 17.2 Å². The van der Waals surface area contributed by atoms with Gasteiger partial charge in [-0.2, -0.15) is 0 Å². The summed E-state index contributed by atoms with van der Waals surface area (Å²) in [5, 5.41) is 0. The number of aromatic nitrogens is 2. The highest BCUT2D eigenvalue weighted by atomic mass is 16.5. The molecule has 0 saturated carbocycles. The van der Waals surface area contributed by atoms with Crippen LogP contribution in [0.4, 0.5) is 0 Å². The molecule has 2 N–H and O–H groups in total. The first-order valence-corrected chi connectivity index (χ1v) is 5.49. The molecule has 4 heteroatoms. The van der Waals surface area contributed by atoms with Crippen molar-refractivity contribution in [3.63, 3.8) is 0 Å². The summed E-state index contributed by atoms with van der Waals surface area (Å²) in [5.41, 5.74) is 8.46. The molecular formula is C11H19N3O. The number of rotatable bonds is 2. The SMILES string of the molecule is COC(C)c1nc2c(n1C)C(N)CCC2. The number of aryl methyl sites for hydroxylation is 1. The number of fused-ring (bicyclic) bond motifs is 1. The lowest BCUT2D eigenvalue weighted by atomic mass is 9.97. The fourth-order valence-corrected chi connectivity index (χ4v) is 2.33. The molecule has 0 fully saturated rings. The molecule has 0 bridgehead atoms. The summed E-state index contributed by atoms with van der Waals surface area (Å²) in [6.45, 7) is 2.01. The second kappa shape index (κ2) is 3.94. The third kappa shape index (κ3) is 1.68. The van der Waals surface area contributed by atoms with Crippen LogP contribution in [0.1, 0.15) is 49.1 Å². The van der Waals surface area contributed by atoms with Gasteiger partial charge in [-0.25, -0.2) is 4.98 Å². The predicted molar refractivity (Wildman–Crippen MR) is 58.5 cm³/mol. The number of hydrogen-bond acceptors (Lipinski definition) is 3. The quantitative estimate of drug-likeness (QED) is 0.802. The lowest BCUT2D eigenvalue weighted by Crippen LogP contribution is -2.20. The Morgan fingerprint density at radius 1 is 1.60 bits per heavy atom. The van der Waals surface area contributed by atoms with Gasteiger partial charge in [0.2, 0.25) is 0 Å². The van der Waals surface area contributed by atoms with E-state index >= 15 is 0 Å². The third-order valence-electron chi connectivity index (χ3n) is 3.25. The van der Waals surface area contributed by atoms with Crippen LogP contribution in [0.3, 0.4) is 0 Å². The van der Waals surface area contributed by atoms with E-state index in [0.717, 1.165) is 30.8 Å². The molecule has 15 heavy (non-hydrogen) atoms. The fourth-order valence-electron chi connectivity index (χ4n) is 2.33. The molecule has 2 unspecified atom stereocenters. The van der Waals surface area contributed by atoms with Crippen LogP contribution in [-0.4, -0.2) is 16.7 Å². The lowest BCUT2D eigenvalue weighted by Gasteiger charge is -2.19. The molecule has 0 amide bonds. The molecule has 1 aromatic rings. The molecule has 1 aliphatic rings. The van der Waals surface area contributed by atoms with Crippen molar-refractivity contribution in [2.45, 2.75) is 38.3 Å². The Morgan fingerprint density at radius 3 is 2.93 bits per heavy atom. The van der Waals surface area contributed by atoms with E-state index < -0.39 is 0 Å². The van der Waals surface area contributed by atoms with E-state index in [1.54, 1.807) is 7.11 Å². The minimum absolute atomic E-state index is 0.0350. The first-order chi connectivity index (χ1) is 7.15. The van der Waals surface area contributed by atoms with Crippen LogP contribution in [0.5, 0.6) is 0 Å². The first kappa shape index (κ1) is 10.6. The van der Waals surface area contributed by atoms with E-state index in [1.165, 1.54) is 5.69 Å². The second-order valence-electron chi connectivity index (χ2n) is 4.24. The molecule has 0 aliphatic heterocycles. The zero-order valence-electron chi connectivity index (χ0n) is 9.66. The van der Waals surface area contributed by atoms with Gasteiger partial charge in [0, 0.05) is 20.2 Å². The summed E-state index contributed by atoms with van der Waals surface area (Å²) in [4.78, 5) is 4.63. The summed E-state index contributed by atoms with van der Waals surface area (Å²) in [6.07, 6.45) is 3.29. The van der Waals surface area contributed by atoms with Crippen molar-refractivity contribution >= 4 is 0 Å². The average molecular weight is 209 g/mol. The molecule has 2 rings (SSSR count). The second-order valence-corrected chi connectivity index (χ2v) is 4.24. The highest BCUT2D eigenvalue weighted by Crippen LogP contribution is 2.30. The molecule has 4 nitrogen and oxygen atoms in total. The molecule has 1 aliphatic carbocycles. The van der Waals surface area contributed by atoms with Gasteiger partial charge >= 0.3 is 0 Å². The summed E-state index contributed by atoms with van der Waals surface area (Å²) < 4.78 is 7.41. The van der Waals surface area contributed by atoms with Crippen LogP contribution < -0.4 is 5.73 Å². The van der Waals surface area contributed by atoms with E-state index in [0.29, 0.717) is 0 Å². The lowest BCUT2D eigenvalue weighted by molar-refractivity contribution is 0.109. The fraction of sp³-hybridized carbons (Fsp3) is 0.727. The molecule has 0 spiro atoms. The number of imidazole rings is 1. The smallest absolute Gasteiger partial charge is 0.137 e. The van der Waals surface area contributed by atoms with E-state index in [4.69, 9.17) is 10.5 Å². The van der Waals surface area contributed by atoms with Crippen LogP contribution in [0.15, 0.2) is 0 Å². The first-order valence-electron chi connectivity index (χ1n) is 5.49. The van der Waals surface area contributed by atoms with Gasteiger partial charge in [-0.15, -0.1) is 0 Å². The number of nitrogens with two attached hydrogens (primary N) is 1. The van der Waals surface area contributed by atoms with Crippen LogP contribution in [0, 0.1) is 0 Å². The maximum absolute atomic E-state index is 6.10. The van der Waals surface area contributed by atoms with Gasteiger partial charge in [0.25, 0.3) is 0 Å². The van der Waals surface area contributed by atoms with Crippen LogP contribution in [0.2, 0.25) is 0 Å². The van der Waals surface area contributed by atoms with Crippen LogP contribution in [0.25, 0.3) is 0 Å². The number of nitrogens with zero attached hydrogens (tertiary/aromatic N) is 2. The molecule has 0 saturated heterocycles. The van der Waals surface area contributed by atoms with Crippen molar-refractivity contribution < 1.29 is 4.74 Å². The molecule has 0 radical (unpaired) electrons. The highest BCUT2D eigenvalue weighted by molar-refractivity contribution is 5.24. The van der Waals surface area contributed by atoms with Gasteiger partial charge in [-0.3, -0.25) is 0 Å². The number of methoxy groups -OCH3 is 1. The Bertz CT molecular complexity index is 359. The zero-order valence-corrected chi connectivity index (χ0v) is 9.66. The van der Waals surface area contributed by atoms with E-state index in [-0.39, 0.29) is 12.1 Å². The van der Waals surface area contributed by atoms with Crippen molar-refractivity contribution in [2.24, 2.45) is 12.8 Å². The highest BCUT2D eigenvalue weighted by Gasteiger charge is 2.25. The van der Waals surface area contributed by atoms with Gasteiger partial charge in [0.05, 0.1) is 11.4 Å². The Kier molecular flexibility index (Phi) is 2.80. The largest absolute Gasteiger partial charge is 0.374 e. The summed E-state index contributed by atoms with van der Waals surface area (Å²) >= 11 is 0. The van der Waals surface area contributed by atoms with Gasteiger partial charge in [-0.05, 0) is 26.2 Å². The number of hydrogen-bond donors (Lipinski definition) is 1. The van der Waals surface area contributed by atoms with E-state index in [2.05, 4.69) is 9.55 Å². The van der Waals surface area contributed by atoms with Crippen molar-refractivity contribution in [2.75, 3.05) is 7.11 Å². The summed E-state index contributed by atoms with van der Waals surface area (Å²) in [5.74, 6) is 0.986. The third-order valence-corrected chi connectivity index (χ3v) is 3.25. The van der Waals surface area contributed by atoms with Gasteiger partial charge in [0.15, 0.2) is 0 Å². The minimum Gasteiger partial charge on any atom is -0.374 e. The van der Waals surface area contributed by atoms with Crippen LogP contribution >= 0.6 is 0 Å². The van der Waals surface area contributed by atoms with Gasteiger partial charge < -0.3 is 15.0 Å². The summed E-state index contributed by atoms with van der Waals surface area (Å²) in [7, 11) is 3.74.